The Labute approximate surface area is 220 Å². The van der Waals surface area contributed by atoms with Crippen LogP contribution in [-0.4, -0.2) is 80.5 Å². The second-order valence-corrected chi connectivity index (χ2v) is 9.98. The number of hydrogen-bond acceptors (Lipinski definition) is 7. The van der Waals surface area contributed by atoms with Crippen LogP contribution in [0, 0.1) is 0 Å². The Bertz CT molecular complexity index is 1320. The average molecular weight is 526 g/mol. The lowest BCUT2D eigenvalue weighted by Gasteiger charge is -2.43. The first-order valence-electron chi connectivity index (χ1n) is 12.5. The van der Waals surface area contributed by atoms with E-state index < -0.39 is 24.4 Å². The summed E-state index contributed by atoms with van der Waals surface area (Å²) < 4.78 is 7.67. The Morgan fingerprint density at radius 1 is 1.00 bits per heavy atom. The molecule has 1 saturated heterocycles. The van der Waals surface area contributed by atoms with Gasteiger partial charge in [0.2, 0.25) is 0 Å². The van der Waals surface area contributed by atoms with Gasteiger partial charge in [-0.1, -0.05) is 29.8 Å². The number of β-amino-alcohol motifs (C(OH)–C–C–N with tert-alkyl or cyclic N) is 1. The number of aliphatic hydroxyl groups excluding tert-OH is 4. The van der Waals surface area contributed by atoms with Crippen molar-refractivity contribution in [3.63, 3.8) is 0 Å². The van der Waals surface area contributed by atoms with Crippen molar-refractivity contribution in [1.82, 2.24) is 9.47 Å². The van der Waals surface area contributed by atoms with E-state index in [1.165, 1.54) is 10.9 Å². The minimum absolute atomic E-state index is 0.194. The Hall–Kier alpha value is -2.85. The van der Waals surface area contributed by atoms with Crippen LogP contribution in [0.5, 0.6) is 0 Å². The van der Waals surface area contributed by atoms with Crippen molar-refractivity contribution in [1.29, 1.82) is 0 Å². The van der Waals surface area contributed by atoms with Crippen LogP contribution < -0.4 is 5.32 Å². The smallest absolute Gasteiger partial charge is 0.133 e. The molecule has 4 atom stereocenters. The van der Waals surface area contributed by atoms with E-state index >= 15 is 0 Å². The summed E-state index contributed by atoms with van der Waals surface area (Å²) in [4.78, 5) is 1.84. The maximum Gasteiger partial charge on any atom is 0.133 e. The van der Waals surface area contributed by atoms with Crippen molar-refractivity contribution in [3.05, 3.63) is 77.6 Å². The number of anilines is 1. The fourth-order valence-electron chi connectivity index (χ4n) is 5.20. The van der Waals surface area contributed by atoms with E-state index in [0.29, 0.717) is 24.7 Å². The lowest BCUT2D eigenvalue weighted by molar-refractivity contribution is -0.145. The van der Waals surface area contributed by atoms with Gasteiger partial charge in [-0.2, -0.15) is 0 Å². The van der Waals surface area contributed by atoms with Crippen LogP contribution in [-0.2, 0) is 13.0 Å². The second-order valence-electron chi connectivity index (χ2n) is 9.54. The molecular formula is C28H32ClN3O5. The van der Waals surface area contributed by atoms with Crippen molar-refractivity contribution >= 4 is 28.2 Å². The van der Waals surface area contributed by atoms with Gasteiger partial charge in [0.05, 0.1) is 25.0 Å². The zero-order chi connectivity index (χ0) is 25.9. The number of benzene rings is 2. The molecule has 2 aromatic carbocycles. The monoisotopic (exact) mass is 525 g/mol. The van der Waals surface area contributed by atoms with Gasteiger partial charge in [0.1, 0.15) is 18.0 Å². The molecule has 2 aromatic heterocycles. The van der Waals surface area contributed by atoms with E-state index in [2.05, 4.69) is 28.2 Å². The number of rotatable bonds is 9. The molecule has 0 saturated carbocycles. The largest absolute Gasteiger partial charge is 0.464 e. The first-order chi connectivity index (χ1) is 17.9. The van der Waals surface area contributed by atoms with Crippen molar-refractivity contribution < 1.29 is 24.8 Å². The van der Waals surface area contributed by atoms with Gasteiger partial charge in [0.15, 0.2) is 0 Å². The summed E-state index contributed by atoms with van der Waals surface area (Å²) in [5.41, 5.74) is 4.13. The maximum absolute atomic E-state index is 10.3. The maximum atomic E-state index is 10.3. The molecule has 196 valence electrons. The molecule has 0 unspecified atom stereocenters. The van der Waals surface area contributed by atoms with E-state index in [1.807, 2.05) is 47.4 Å². The first kappa shape index (κ1) is 25.8. The van der Waals surface area contributed by atoms with Gasteiger partial charge >= 0.3 is 0 Å². The summed E-state index contributed by atoms with van der Waals surface area (Å²) in [5, 5.41) is 45.4. The number of hydrogen-bond donors (Lipinski definition) is 5. The number of halogens is 1. The molecule has 5 N–H and O–H groups in total. The normalized spacial score (nSPS) is 22.5. The van der Waals surface area contributed by atoms with Crippen LogP contribution in [0.15, 0.2) is 71.5 Å². The van der Waals surface area contributed by atoms with Crippen molar-refractivity contribution in [2.24, 2.45) is 0 Å². The predicted octanol–water partition coefficient (Wildman–Crippen LogP) is 2.97. The summed E-state index contributed by atoms with van der Waals surface area (Å²) in [6.45, 7) is 1.74. The van der Waals surface area contributed by atoms with Crippen LogP contribution in [0.4, 0.5) is 5.69 Å². The zero-order valence-corrected chi connectivity index (χ0v) is 21.1. The highest BCUT2D eigenvalue weighted by Crippen LogP contribution is 2.28. The number of para-hydroxylation sites is 1. The average Bonchev–Trinajstić information content (AvgIpc) is 3.55. The number of nitrogens with zero attached hydrogens (tertiary/aromatic N) is 2. The summed E-state index contributed by atoms with van der Waals surface area (Å²) in [6.07, 6.45) is 1.06. The SMILES string of the molecule is OC[C@@H]1[C@@H](O)[C@H](O)[C@@H](O)CN1CCn1cc(CCNc2cc(Cl)cc(-c3ccco3)c2)c2ccccc21. The molecule has 37 heavy (non-hydrogen) atoms. The number of aliphatic hydroxyl groups is 4. The third-order valence-electron chi connectivity index (χ3n) is 7.14. The molecule has 0 spiro atoms. The van der Waals surface area contributed by atoms with Crippen molar-refractivity contribution in [2.75, 3.05) is 31.6 Å². The number of furan rings is 1. The summed E-state index contributed by atoms with van der Waals surface area (Å²) in [5.74, 6) is 0.764. The van der Waals surface area contributed by atoms with Gasteiger partial charge in [-0.15, -0.1) is 0 Å². The standard InChI is InChI=1S/C28H32ClN3O5/c29-20-12-19(26-6-3-11-37-26)13-21(14-20)30-8-7-18-15-31(23-5-2-1-4-22(18)23)9-10-32-16-25(34)28(36)27(35)24(32)17-33/h1-6,11-15,24-25,27-28,30,33-36H,7-10,16-17H2/t24-,25+,27-,28-/m1/s1. The van der Waals surface area contributed by atoms with Gasteiger partial charge in [-0.3, -0.25) is 4.90 Å². The van der Waals surface area contributed by atoms with Crippen molar-refractivity contribution in [3.8, 4) is 11.3 Å². The van der Waals surface area contributed by atoms with Gasteiger partial charge in [0.25, 0.3) is 0 Å². The van der Waals surface area contributed by atoms with Gasteiger partial charge in [0, 0.05) is 59.6 Å². The predicted molar refractivity (Wildman–Crippen MR) is 144 cm³/mol. The lowest BCUT2D eigenvalue weighted by atomic mass is 9.94. The van der Waals surface area contributed by atoms with Crippen LogP contribution >= 0.6 is 11.6 Å². The van der Waals surface area contributed by atoms with Gasteiger partial charge < -0.3 is 34.7 Å². The van der Waals surface area contributed by atoms with E-state index in [9.17, 15) is 20.4 Å². The lowest BCUT2D eigenvalue weighted by Crippen LogP contribution is -2.62. The van der Waals surface area contributed by atoms with Crippen LogP contribution in [0.1, 0.15) is 5.56 Å². The Kier molecular flexibility index (Phi) is 7.85. The highest BCUT2D eigenvalue weighted by atomic mass is 35.5. The molecule has 5 rings (SSSR count). The third-order valence-corrected chi connectivity index (χ3v) is 7.36. The quantitative estimate of drug-likeness (QED) is 0.228. The molecule has 0 aliphatic carbocycles. The topological polar surface area (TPSA) is 114 Å². The molecule has 0 bridgehead atoms. The Balaban J connectivity index is 1.27. The molecule has 9 heteroatoms. The minimum atomic E-state index is -1.26. The highest BCUT2D eigenvalue weighted by Gasteiger charge is 2.40. The summed E-state index contributed by atoms with van der Waals surface area (Å²) in [6, 6.07) is 17.1. The fraction of sp³-hybridized carbons (Fsp3) is 0.357. The van der Waals surface area contributed by atoms with E-state index in [-0.39, 0.29) is 13.2 Å². The minimum Gasteiger partial charge on any atom is -0.464 e. The number of likely N-dealkylation sites (tertiary alicyclic amines) is 1. The Morgan fingerprint density at radius 3 is 2.62 bits per heavy atom. The van der Waals surface area contributed by atoms with Gasteiger partial charge in [-0.05, 0) is 48.4 Å². The molecule has 1 aliphatic heterocycles. The number of fused-ring (bicyclic) bond motifs is 1. The van der Waals surface area contributed by atoms with Crippen LogP contribution in [0.2, 0.25) is 5.02 Å². The number of nitrogens with one attached hydrogen (secondary N) is 1. The third kappa shape index (κ3) is 5.55. The summed E-state index contributed by atoms with van der Waals surface area (Å²) >= 11 is 6.34. The highest BCUT2D eigenvalue weighted by molar-refractivity contribution is 6.31. The molecule has 4 aromatic rings. The summed E-state index contributed by atoms with van der Waals surface area (Å²) in [7, 11) is 0. The van der Waals surface area contributed by atoms with Crippen LogP contribution in [0.3, 0.4) is 0 Å². The molecule has 3 heterocycles. The molecule has 1 fully saturated rings. The molecule has 0 radical (unpaired) electrons. The Morgan fingerprint density at radius 2 is 1.84 bits per heavy atom. The molecule has 1 aliphatic rings. The van der Waals surface area contributed by atoms with E-state index in [1.54, 1.807) is 6.26 Å². The van der Waals surface area contributed by atoms with E-state index in [0.717, 1.165) is 28.9 Å². The van der Waals surface area contributed by atoms with Gasteiger partial charge in [-0.25, -0.2) is 0 Å². The first-order valence-corrected chi connectivity index (χ1v) is 12.9. The number of piperidine rings is 1. The second kappa shape index (κ2) is 11.3. The fourth-order valence-corrected chi connectivity index (χ4v) is 5.43. The molecule has 8 nitrogen and oxygen atoms in total. The zero-order valence-electron chi connectivity index (χ0n) is 20.4. The number of aromatic nitrogens is 1. The van der Waals surface area contributed by atoms with Crippen LogP contribution in [0.25, 0.3) is 22.2 Å². The molecular weight excluding hydrogens is 494 g/mol. The van der Waals surface area contributed by atoms with E-state index in [4.69, 9.17) is 16.0 Å². The van der Waals surface area contributed by atoms with Crippen molar-refractivity contribution in [2.45, 2.75) is 37.3 Å². The molecule has 0 amide bonds.